The molecule has 0 nitrogen and oxygen atoms in total. The third kappa shape index (κ3) is 1.69. The lowest BCUT2D eigenvalue weighted by molar-refractivity contribution is 1.19. The van der Waals surface area contributed by atoms with Gasteiger partial charge in [-0.15, -0.1) is 11.3 Å². The Balaban J connectivity index is 2.75. The van der Waals surface area contributed by atoms with Crippen molar-refractivity contribution >= 4 is 44.6 Å². The fourth-order valence-electron chi connectivity index (χ4n) is 1.30. The minimum atomic E-state index is 0.706. The molecule has 0 atom stereocenters. The van der Waals surface area contributed by atoms with Crippen LogP contribution in [0.3, 0.4) is 0 Å². The standard InChI is InChI=1S/C10H8Cl2S/c1-2-8-4-6-3-7(11)5-9(12)10(6)13-8/h3-5H,2H2,1H3. The van der Waals surface area contributed by atoms with Crippen LogP contribution in [0.4, 0.5) is 0 Å². The Hall–Kier alpha value is -0.240. The highest BCUT2D eigenvalue weighted by Crippen LogP contribution is 2.34. The molecule has 2 aromatic rings. The summed E-state index contributed by atoms with van der Waals surface area (Å²) in [5, 5.41) is 2.62. The molecule has 0 spiro atoms. The van der Waals surface area contributed by atoms with E-state index in [-0.39, 0.29) is 0 Å². The van der Waals surface area contributed by atoms with Gasteiger partial charge in [0, 0.05) is 9.90 Å². The van der Waals surface area contributed by atoms with Gasteiger partial charge in [0.15, 0.2) is 0 Å². The van der Waals surface area contributed by atoms with Crippen molar-refractivity contribution in [3.8, 4) is 0 Å². The largest absolute Gasteiger partial charge is 0.139 e. The maximum atomic E-state index is 6.06. The average Bonchev–Trinajstić information content (AvgIpc) is 2.47. The van der Waals surface area contributed by atoms with Crippen LogP contribution in [0.2, 0.25) is 10.0 Å². The van der Waals surface area contributed by atoms with Gasteiger partial charge in [0.1, 0.15) is 0 Å². The van der Waals surface area contributed by atoms with Crippen LogP contribution in [0.5, 0.6) is 0 Å². The fraction of sp³-hybridized carbons (Fsp3) is 0.200. The summed E-state index contributed by atoms with van der Waals surface area (Å²) in [6.45, 7) is 2.14. The van der Waals surface area contributed by atoms with Crippen LogP contribution in [-0.4, -0.2) is 0 Å². The lowest BCUT2D eigenvalue weighted by Crippen LogP contribution is -1.66. The van der Waals surface area contributed by atoms with Crippen molar-refractivity contribution in [3.63, 3.8) is 0 Å². The summed E-state index contributed by atoms with van der Waals surface area (Å²) in [6, 6.07) is 5.90. The number of halogens is 2. The molecule has 0 aliphatic carbocycles. The number of fused-ring (bicyclic) bond motifs is 1. The highest BCUT2D eigenvalue weighted by molar-refractivity contribution is 7.19. The first-order valence-electron chi connectivity index (χ1n) is 4.08. The molecule has 13 heavy (non-hydrogen) atoms. The molecule has 0 amide bonds. The Morgan fingerprint density at radius 3 is 2.69 bits per heavy atom. The minimum absolute atomic E-state index is 0.706. The van der Waals surface area contributed by atoms with Crippen LogP contribution in [0, 0.1) is 0 Å². The molecule has 1 heterocycles. The highest BCUT2D eigenvalue weighted by atomic mass is 35.5. The zero-order valence-electron chi connectivity index (χ0n) is 7.10. The molecule has 2 rings (SSSR count). The molecule has 0 aliphatic rings. The second-order valence-electron chi connectivity index (χ2n) is 2.87. The van der Waals surface area contributed by atoms with Gasteiger partial charge in [0.05, 0.1) is 9.72 Å². The van der Waals surface area contributed by atoms with Gasteiger partial charge in [-0.1, -0.05) is 30.1 Å². The van der Waals surface area contributed by atoms with E-state index in [4.69, 9.17) is 23.2 Å². The molecule has 0 aliphatic heterocycles. The molecule has 3 heteroatoms. The van der Waals surface area contributed by atoms with Gasteiger partial charge in [-0.2, -0.15) is 0 Å². The van der Waals surface area contributed by atoms with E-state index in [0.717, 1.165) is 21.5 Å². The monoisotopic (exact) mass is 230 g/mol. The first-order chi connectivity index (χ1) is 6.20. The zero-order valence-corrected chi connectivity index (χ0v) is 9.43. The number of benzene rings is 1. The summed E-state index contributed by atoms with van der Waals surface area (Å²) >= 11 is 13.7. The Bertz CT molecular complexity index is 445. The third-order valence-electron chi connectivity index (χ3n) is 1.94. The van der Waals surface area contributed by atoms with Crippen LogP contribution in [0.25, 0.3) is 10.1 Å². The van der Waals surface area contributed by atoms with Gasteiger partial charge in [-0.05, 0) is 30.0 Å². The summed E-state index contributed by atoms with van der Waals surface area (Å²) in [7, 11) is 0. The molecule has 1 aromatic carbocycles. The highest BCUT2D eigenvalue weighted by Gasteiger charge is 2.05. The second kappa shape index (κ2) is 3.49. The van der Waals surface area contributed by atoms with E-state index in [1.54, 1.807) is 17.4 Å². The maximum absolute atomic E-state index is 6.06. The quantitative estimate of drug-likeness (QED) is 0.663. The van der Waals surface area contributed by atoms with Crippen LogP contribution in [-0.2, 0) is 6.42 Å². The van der Waals surface area contributed by atoms with E-state index in [1.165, 1.54) is 4.88 Å². The van der Waals surface area contributed by atoms with Crippen molar-refractivity contribution < 1.29 is 0 Å². The summed E-state index contributed by atoms with van der Waals surface area (Å²) in [5.74, 6) is 0. The van der Waals surface area contributed by atoms with E-state index >= 15 is 0 Å². The van der Waals surface area contributed by atoms with E-state index in [1.807, 2.05) is 6.07 Å². The summed E-state index contributed by atoms with van der Waals surface area (Å²) in [5.41, 5.74) is 0. The van der Waals surface area contributed by atoms with Crippen molar-refractivity contribution in [2.45, 2.75) is 13.3 Å². The summed E-state index contributed by atoms with van der Waals surface area (Å²) in [4.78, 5) is 1.35. The molecule has 0 radical (unpaired) electrons. The normalized spacial score (nSPS) is 11.0. The number of aryl methyl sites for hydroxylation is 1. The van der Waals surface area contributed by atoms with Gasteiger partial charge in [0.25, 0.3) is 0 Å². The van der Waals surface area contributed by atoms with Crippen molar-refractivity contribution in [1.82, 2.24) is 0 Å². The SMILES string of the molecule is CCc1cc2cc(Cl)cc(Cl)c2s1. The average molecular weight is 231 g/mol. The second-order valence-corrected chi connectivity index (χ2v) is 4.85. The molecule has 0 unspecified atom stereocenters. The molecule has 0 saturated heterocycles. The van der Waals surface area contributed by atoms with E-state index < -0.39 is 0 Å². The van der Waals surface area contributed by atoms with Crippen LogP contribution < -0.4 is 0 Å². The molecule has 0 bridgehead atoms. The predicted molar refractivity (Wildman–Crippen MR) is 61.2 cm³/mol. The van der Waals surface area contributed by atoms with Crippen molar-refractivity contribution in [1.29, 1.82) is 0 Å². The third-order valence-corrected chi connectivity index (χ3v) is 3.89. The summed E-state index contributed by atoms with van der Waals surface area (Å²) in [6.07, 6.45) is 1.05. The van der Waals surface area contributed by atoms with Crippen LogP contribution >= 0.6 is 34.5 Å². The fourth-order valence-corrected chi connectivity index (χ4v) is 2.91. The van der Waals surface area contributed by atoms with Crippen LogP contribution in [0.15, 0.2) is 18.2 Å². The lowest BCUT2D eigenvalue weighted by atomic mass is 10.2. The van der Waals surface area contributed by atoms with E-state index in [9.17, 15) is 0 Å². The van der Waals surface area contributed by atoms with Gasteiger partial charge in [0.2, 0.25) is 0 Å². The molecule has 0 N–H and O–H groups in total. The number of hydrogen-bond donors (Lipinski definition) is 0. The topological polar surface area (TPSA) is 0 Å². The van der Waals surface area contributed by atoms with Gasteiger partial charge >= 0.3 is 0 Å². The molecule has 0 fully saturated rings. The molecular weight excluding hydrogens is 223 g/mol. The first-order valence-corrected chi connectivity index (χ1v) is 5.65. The van der Waals surface area contributed by atoms with Gasteiger partial charge < -0.3 is 0 Å². The maximum Gasteiger partial charge on any atom is 0.0599 e. The molecule has 1 aromatic heterocycles. The molecule has 68 valence electrons. The van der Waals surface area contributed by atoms with Gasteiger partial charge in [-0.3, -0.25) is 0 Å². The molecular formula is C10H8Cl2S. The number of rotatable bonds is 1. The van der Waals surface area contributed by atoms with Gasteiger partial charge in [-0.25, -0.2) is 0 Å². The Kier molecular flexibility index (Phi) is 2.50. The van der Waals surface area contributed by atoms with Crippen molar-refractivity contribution in [2.24, 2.45) is 0 Å². The van der Waals surface area contributed by atoms with Crippen LogP contribution in [0.1, 0.15) is 11.8 Å². The Labute approximate surface area is 91.1 Å². The number of hydrogen-bond acceptors (Lipinski definition) is 1. The smallest absolute Gasteiger partial charge is 0.0599 e. The first kappa shape index (κ1) is 9.32. The predicted octanol–water partition coefficient (Wildman–Crippen LogP) is 4.77. The zero-order chi connectivity index (χ0) is 9.42. The van der Waals surface area contributed by atoms with Crippen molar-refractivity contribution in [3.05, 3.63) is 33.1 Å². The Morgan fingerprint density at radius 1 is 1.23 bits per heavy atom. The number of thiophene rings is 1. The lowest BCUT2D eigenvalue weighted by Gasteiger charge is -1.93. The Morgan fingerprint density at radius 2 is 2.00 bits per heavy atom. The van der Waals surface area contributed by atoms with E-state index in [2.05, 4.69) is 13.0 Å². The van der Waals surface area contributed by atoms with Crippen molar-refractivity contribution in [2.75, 3.05) is 0 Å². The minimum Gasteiger partial charge on any atom is -0.139 e. The van der Waals surface area contributed by atoms with E-state index in [0.29, 0.717) is 5.02 Å². The molecule has 0 saturated carbocycles. The summed E-state index contributed by atoms with van der Waals surface area (Å²) < 4.78 is 1.14.